The van der Waals surface area contributed by atoms with Gasteiger partial charge in [-0.25, -0.2) is 9.67 Å². The zero-order valence-electron chi connectivity index (χ0n) is 10.6. The second-order valence-corrected chi connectivity index (χ2v) is 4.74. The average Bonchev–Trinajstić information content (AvgIpc) is 2.98. The molecule has 1 aromatic carbocycles. The van der Waals surface area contributed by atoms with Crippen LogP contribution in [0.4, 0.5) is 0 Å². The van der Waals surface area contributed by atoms with Crippen molar-refractivity contribution in [3.05, 3.63) is 65.6 Å². The summed E-state index contributed by atoms with van der Waals surface area (Å²) in [6.07, 6.45) is 5.20. The fourth-order valence-electron chi connectivity index (χ4n) is 1.94. The predicted molar refractivity (Wildman–Crippen MR) is 77.7 cm³/mol. The molecule has 0 saturated carbocycles. The lowest BCUT2D eigenvalue weighted by Crippen LogP contribution is -1.99. The Balaban J connectivity index is 1.98. The molecule has 2 aromatic heterocycles. The Morgan fingerprint density at radius 2 is 1.90 bits per heavy atom. The van der Waals surface area contributed by atoms with Crippen LogP contribution in [0.5, 0.6) is 0 Å². The summed E-state index contributed by atoms with van der Waals surface area (Å²) in [7, 11) is 0. The summed E-state index contributed by atoms with van der Waals surface area (Å²) in [6.45, 7) is -0.124. The number of benzene rings is 1. The first-order valence-electron chi connectivity index (χ1n) is 6.13. The molecule has 0 radical (unpaired) electrons. The van der Waals surface area contributed by atoms with Crippen LogP contribution in [0.3, 0.4) is 0 Å². The molecule has 0 aliphatic heterocycles. The highest BCUT2D eigenvalue weighted by Gasteiger charge is 2.07. The largest absolute Gasteiger partial charge is 0.392 e. The standard InChI is InChI=1S/C15H12ClN3O/c16-14-8-17-15(6-12(14)10-20)19-9-13(7-18-19)11-4-2-1-3-5-11/h1-9,20H,10H2. The van der Waals surface area contributed by atoms with Crippen LogP contribution in [-0.2, 0) is 6.61 Å². The molecule has 1 N–H and O–H groups in total. The lowest BCUT2D eigenvalue weighted by atomic mass is 10.1. The first-order valence-corrected chi connectivity index (χ1v) is 6.51. The zero-order chi connectivity index (χ0) is 13.9. The molecule has 3 aromatic rings. The third-order valence-corrected chi connectivity index (χ3v) is 3.36. The van der Waals surface area contributed by atoms with Crippen LogP contribution in [0.2, 0.25) is 5.02 Å². The van der Waals surface area contributed by atoms with Gasteiger partial charge in [0.05, 0.1) is 17.8 Å². The van der Waals surface area contributed by atoms with Gasteiger partial charge in [0.2, 0.25) is 0 Å². The Bertz CT molecular complexity index is 725. The molecule has 100 valence electrons. The summed E-state index contributed by atoms with van der Waals surface area (Å²) >= 11 is 5.93. The molecule has 0 aliphatic carbocycles. The van der Waals surface area contributed by atoms with Crippen molar-refractivity contribution in [2.24, 2.45) is 0 Å². The zero-order valence-corrected chi connectivity index (χ0v) is 11.3. The first-order chi connectivity index (χ1) is 9.78. The number of nitrogens with zero attached hydrogens (tertiary/aromatic N) is 3. The van der Waals surface area contributed by atoms with E-state index in [1.165, 1.54) is 6.20 Å². The lowest BCUT2D eigenvalue weighted by Gasteiger charge is -2.04. The maximum absolute atomic E-state index is 9.23. The van der Waals surface area contributed by atoms with Crippen LogP contribution in [0.1, 0.15) is 5.56 Å². The van der Waals surface area contributed by atoms with Gasteiger partial charge in [0.15, 0.2) is 5.82 Å². The Morgan fingerprint density at radius 1 is 1.10 bits per heavy atom. The van der Waals surface area contributed by atoms with Gasteiger partial charge in [0.1, 0.15) is 0 Å². The van der Waals surface area contributed by atoms with Gasteiger partial charge in [0.25, 0.3) is 0 Å². The quantitative estimate of drug-likeness (QED) is 0.804. The van der Waals surface area contributed by atoms with E-state index in [0.29, 0.717) is 16.4 Å². The third kappa shape index (κ3) is 2.43. The highest BCUT2D eigenvalue weighted by molar-refractivity contribution is 6.31. The molecule has 0 atom stereocenters. The fourth-order valence-corrected chi connectivity index (χ4v) is 2.11. The number of halogens is 1. The molecule has 0 amide bonds. The molecule has 0 saturated heterocycles. The topological polar surface area (TPSA) is 50.9 Å². The van der Waals surface area contributed by atoms with E-state index in [1.807, 2.05) is 36.5 Å². The number of pyridine rings is 1. The van der Waals surface area contributed by atoms with Crippen molar-refractivity contribution in [3.63, 3.8) is 0 Å². The lowest BCUT2D eigenvalue weighted by molar-refractivity contribution is 0.281. The average molecular weight is 286 g/mol. The van der Waals surface area contributed by atoms with E-state index < -0.39 is 0 Å². The van der Waals surface area contributed by atoms with Gasteiger partial charge in [-0.1, -0.05) is 41.9 Å². The normalized spacial score (nSPS) is 10.7. The van der Waals surface area contributed by atoms with E-state index in [9.17, 15) is 5.11 Å². The minimum absolute atomic E-state index is 0.124. The summed E-state index contributed by atoms with van der Waals surface area (Å²) in [4.78, 5) is 4.22. The molecule has 0 fully saturated rings. The number of aromatic nitrogens is 3. The van der Waals surface area contributed by atoms with Crippen LogP contribution < -0.4 is 0 Å². The van der Waals surface area contributed by atoms with Crippen molar-refractivity contribution < 1.29 is 5.11 Å². The Kier molecular flexibility index (Phi) is 3.50. The number of hydrogen-bond donors (Lipinski definition) is 1. The highest BCUT2D eigenvalue weighted by atomic mass is 35.5. The molecular weight excluding hydrogens is 274 g/mol. The van der Waals surface area contributed by atoms with Crippen molar-refractivity contribution in [2.75, 3.05) is 0 Å². The van der Waals surface area contributed by atoms with Crippen molar-refractivity contribution in [1.29, 1.82) is 0 Å². The molecule has 0 spiro atoms. The number of aliphatic hydroxyl groups excluding tert-OH is 1. The van der Waals surface area contributed by atoms with E-state index >= 15 is 0 Å². The van der Waals surface area contributed by atoms with Crippen molar-refractivity contribution in [3.8, 4) is 16.9 Å². The van der Waals surface area contributed by atoms with Crippen LogP contribution in [0, 0.1) is 0 Å². The van der Waals surface area contributed by atoms with Gasteiger partial charge >= 0.3 is 0 Å². The molecular formula is C15H12ClN3O. The number of rotatable bonds is 3. The summed E-state index contributed by atoms with van der Waals surface area (Å²) in [5, 5.41) is 14.0. The van der Waals surface area contributed by atoms with Gasteiger partial charge in [-0.3, -0.25) is 0 Å². The van der Waals surface area contributed by atoms with Crippen molar-refractivity contribution in [1.82, 2.24) is 14.8 Å². The van der Waals surface area contributed by atoms with Crippen molar-refractivity contribution in [2.45, 2.75) is 6.61 Å². The second kappa shape index (κ2) is 5.45. The minimum Gasteiger partial charge on any atom is -0.392 e. The summed E-state index contributed by atoms with van der Waals surface area (Å²) in [5.74, 6) is 0.626. The maximum Gasteiger partial charge on any atom is 0.153 e. The van der Waals surface area contributed by atoms with Gasteiger partial charge in [0, 0.05) is 23.5 Å². The Morgan fingerprint density at radius 3 is 2.65 bits per heavy atom. The van der Waals surface area contributed by atoms with E-state index in [2.05, 4.69) is 10.1 Å². The molecule has 2 heterocycles. The molecule has 20 heavy (non-hydrogen) atoms. The van der Waals surface area contributed by atoms with Gasteiger partial charge in [-0.15, -0.1) is 0 Å². The number of hydrogen-bond acceptors (Lipinski definition) is 3. The van der Waals surface area contributed by atoms with E-state index in [1.54, 1.807) is 16.9 Å². The highest BCUT2D eigenvalue weighted by Crippen LogP contribution is 2.21. The maximum atomic E-state index is 9.23. The molecule has 0 bridgehead atoms. The molecule has 0 aliphatic rings. The summed E-state index contributed by atoms with van der Waals surface area (Å²) in [5.41, 5.74) is 2.73. The predicted octanol–water partition coefficient (Wildman–Crippen LogP) is 3.08. The molecule has 5 heteroatoms. The van der Waals surface area contributed by atoms with Gasteiger partial charge in [-0.2, -0.15) is 5.10 Å². The molecule has 0 unspecified atom stereocenters. The molecule has 3 rings (SSSR count). The van der Waals surface area contributed by atoms with E-state index in [4.69, 9.17) is 11.6 Å². The monoisotopic (exact) mass is 285 g/mol. The minimum atomic E-state index is -0.124. The second-order valence-electron chi connectivity index (χ2n) is 4.33. The first kappa shape index (κ1) is 12.8. The van der Waals surface area contributed by atoms with Crippen LogP contribution in [0.25, 0.3) is 16.9 Å². The SMILES string of the molecule is OCc1cc(-n2cc(-c3ccccc3)cn2)ncc1Cl. The van der Waals surface area contributed by atoms with Gasteiger partial charge in [-0.05, 0) is 11.6 Å². The fraction of sp³-hybridized carbons (Fsp3) is 0.0667. The Labute approximate surface area is 121 Å². The smallest absolute Gasteiger partial charge is 0.153 e. The Hall–Kier alpha value is -2.17. The van der Waals surface area contributed by atoms with Crippen LogP contribution in [0.15, 0.2) is 55.0 Å². The third-order valence-electron chi connectivity index (χ3n) is 3.02. The van der Waals surface area contributed by atoms with Crippen molar-refractivity contribution >= 4 is 11.6 Å². The summed E-state index contributed by atoms with van der Waals surface area (Å²) < 4.78 is 1.66. The summed E-state index contributed by atoms with van der Waals surface area (Å²) in [6, 6.07) is 11.7. The number of aliphatic hydroxyl groups is 1. The van der Waals surface area contributed by atoms with Gasteiger partial charge < -0.3 is 5.11 Å². The van der Waals surface area contributed by atoms with Crippen LogP contribution >= 0.6 is 11.6 Å². The van der Waals surface area contributed by atoms with E-state index in [0.717, 1.165) is 11.1 Å². The molecule has 4 nitrogen and oxygen atoms in total. The van der Waals surface area contributed by atoms with Crippen LogP contribution in [-0.4, -0.2) is 19.9 Å². The van der Waals surface area contributed by atoms with E-state index in [-0.39, 0.29) is 6.61 Å².